The molecule has 0 saturated carbocycles. The predicted molar refractivity (Wildman–Crippen MR) is 139 cm³/mol. The molecule has 0 aliphatic rings. The van der Waals surface area contributed by atoms with Crippen LogP contribution in [0.15, 0.2) is 48.7 Å². The number of nitrogens with zero attached hydrogens (tertiary/aromatic N) is 1. The molecule has 176 valence electrons. The van der Waals surface area contributed by atoms with Crippen LogP contribution in [-0.2, 0) is 16.6 Å². The van der Waals surface area contributed by atoms with Crippen molar-refractivity contribution in [1.29, 1.82) is 0 Å². The van der Waals surface area contributed by atoms with Gasteiger partial charge in [0.15, 0.2) is 11.7 Å². The first kappa shape index (κ1) is 25.5. The third kappa shape index (κ3) is 7.73. The first-order valence-corrected chi connectivity index (χ1v) is 12.4. The highest BCUT2D eigenvalue weighted by Crippen LogP contribution is 2.36. The fraction of sp³-hybridized carbons (Fsp3) is 0.385. The minimum atomic E-state index is -0.248. The van der Waals surface area contributed by atoms with Crippen LogP contribution in [0.1, 0.15) is 57.0 Å². The van der Waals surface area contributed by atoms with Crippen LogP contribution in [0.4, 0.5) is 5.13 Å². The summed E-state index contributed by atoms with van der Waals surface area (Å²) >= 11 is 13.5. The lowest BCUT2D eigenvalue weighted by Gasteiger charge is -2.33. The Balaban J connectivity index is 1.51. The van der Waals surface area contributed by atoms with Gasteiger partial charge in [0.25, 0.3) is 5.91 Å². The molecule has 0 radical (unpaired) electrons. The van der Waals surface area contributed by atoms with E-state index in [1.807, 2.05) is 24.3 Å². The average Bonchev–Trinajstić information content (AvgIpc) is 3.14. The number of nitrogens with one attached hydrogen (secondary N) is 1. The number of anilines is 1. The molecule has 0 fully saturated rings. The Hall–Kier alpha value is -2.08. The molecular weight excluding hydrogens is 475 g/mol. The molecule has 0 aliphatic heterocycles. The predicted octanol–water partition coefficient (Wildman–Crippen LogP) is 7.77. The molecule has 0 unspecified atom stereocenters. The zero-order chi connectivity index (χ0) is 24.2. The van der Waals surface area contributed by atoms with Gasteiger partial charge in [-0.1, -0.05) is 76.0 Å². The molecule has 1 amide bonds. The van der Waals surface area contributed by atoms with Crippen molar-refractivity contribution < 1.29 is 9.53 Å². The van der Waals surface area contributed by atoms with E-state index >= 15 is 0 Å². The van der Waals surface area contributed by atoms with Crippen LogP contribution in [0.3, 0.4) is 0 Å². The molecule has 33 heavy (non-hydrogen) atoms. The molecule has 2 aromatic carbocycles. The third-order valence-corrected chi connectivity index (χ3v) is 6.79. The second-order valence-electron chi connectivity index (χ2n) is 10.0. The largest absolute Gasteiger partial charge is 0.484 e. The van der Waals surface area contributed by atoms with Crippen molar-refractivity contribution in [1.82, 2.24) is 4.98 Å². The topological polar surface area (TPSA) is 51.2 Å². The minimum Gasteiger partial charge on any atom is -0.484 e. The van der Waals surface area contributed by atoms with Gasteiger partial charge in [0.1, 0.15) is 5.75 Å². The summed E-state index contributed by atoms with van der Waals surface area (Å²) < 4.78 is 5.67. The summed E-state index contributed by atoms with van der Waals surface area (Å²) in [5, 5.41) is 4.39. The Morgan fingerprint density at radius 2 is 1.73 bits per heavy atom. The Morgan fingerprint density at radius 3 is 2.36 bits per heavy atom. The third-order valence-electron chi connectivity index (χ3n) is 5.14. The number of aromatic nitrogens is 1. The Morgan fingerprint density at radius 1 is 1.03 bits per heavy atom. The molecule has 4 nitrogen and oxygen atoms in total. The van der Waals surface area contributed by atoms with Crippen molar-refractivity contribution in [3.63, 3.8) is 0 Å². The molecule has 1 aromatic heterocycles. The second-order valence-corrected chi connectivity index (χ2v) is 12.0. The molecule has 0 atom stereocenters. The number of hydrogen-bond acceptors (Lipinski definition) is 4. The van der Waals surface area contributed by atoms with Gasteiger partial charge < -0.3 is 4.74 Å². The number of benzene rings is 2. The van der Waals surface area contributed by atoms with Gasteiger partial charge in [-0.05, 0) is 52.6 Å². The van der Waals surface area contributed by atoms with Crippen LogP contribution in [0.2, 0.25) is 10.0 Å². The zero-order valence-corrected chi connectivity index (χ0v) is 22.0. The highest BCUT2D eigenvalue weighted by atomic mass is 35.5. The summed E-state index contributed by atoms with van der Waals surface area (Å²) in [6.07, 6.45) is 3.49. The number of ether oxygens (including phenoxy) is 1. The minimum absolute atomic E-state index is 0.0635. The van der Waals surface area contributed by atoms with E-state index in [0.717, 1.165) is 16.9 Å². The summed E-state index contributed by atoms with van der Waals surface area (Å²) in [5.74, 6) is 0.419. The zero-order valence-electron chi connectivity index (χ0n) is 19.7. The van der Waals surface area contributed by atoms with Crippen molar-refractivity contribution in [2.24, 2.45) is 5.41 Å². The molecule has 0 saturated heterocycles. The number of amides is 1. The van der Waals surface area contributed by atoms with E-state index in [2.05, 4.69) is 57.1 Å². The maximum absolute atomic E-state index is 12.3. The maximum atomic E-state index is 12.3. The van der Waals surface area contributed by atoms with E-state index < -0.39 is 0 Å². The number of rotatable bonds is 8. The number of carbonyl (C=O) groups excluding carboxylic acids is 1. The number of carbonyl (C=O) groups is 1. The lowest BCUT2D eigenvalue weighted by atomic mass is 9.72. The van der Waals surface area contributed by atoms with Crippen molar-refractivity contribution in [3.8, 4) is 5.75 Å². The summed E-state index contributed by atoms with van der Waals surface area (Å²) in [7, 11) is 0. The van der Waals surface area contributed by atoms with Crippen LogP contribution >= 0.6 is 34.5 Å². The van der Waals surface area contributed by atoms with E-state index in [9.17, 15) is 4.79 Å². The molecule has 0 bridgehead atoms. The molecule has 1 heterocycles. The Bertz CT molecular complexity index is 1100. The molecule has 0 aliphatic carbocycles. The lowest BCUT2D eigenvalue weighted by molar-refractivity contribution is -0.118. The van der Waals surface area contributed by atoms with Crippen molar-refractivity contribution in [3.05, 3.63) is 74.7 Å². The van der Waals surface area contributed by atoms with Crippen molar-refractivity contribution in [2.75, 3.05) is 11.9 Å². The maximum Gasteiger partial charge on any atom is 0.264 e. The molecule has 7 heteroatoms. The van der Waals surface area contributed by atoms with Crippen LogP contribution in [0.5, 0.6) is 5.75 Å². The fourth-order valence-corrected chi connectivity index (χ4v) is 5.22. The molecule has 3 rings (SSSR count). The summed E-state index contributed by atoms with van der Waals surface area (Å²) in [6.45, 7) is 11.2. The molecule has 1 N–H and O–H groups in total. The quantitative estimate of drug-likeness (QED) is 0.340. The van der Waals surface area contributed by atoms with Gasteiger partial charge in [0.05, 0.1) is 10.0 Å². The highest BCUT2D eigenvalue weighted by molar-refractivity contribution is 7.15. The van der Waals surface area contributed by atoms with E-state index in [1.54, 1.807) is 12.3 Å². The van der Waals surface area contributed by atoms with Gasteiger partial charge in [0, 0.05) is 17.5 Å². The van der Waals surface area contributed by atoms with Gasteiger partial charge in [0.2, 0.25) is 0 Å². The summed E-state index contributed by atoms with van der Waals surface area (Å²) in [5.41, 5.74) is 2.59. The van der Waals surface area contributed by atoms with Gasteiger partial charge in [-0.2, -0.15) is 0 Å². The van der Waals surface area contributed by atoms with Crippen molar-refractivity contribution in [2.45, 2.75) is 52.9 Å². The summed E-state index contributed by atoms with van der Waals surface area (Å²) in [6, 6.07) is 13.5. The van der Waals surface area contributed by atoms with Gasteiger partial charge in [-0.15, -0.1) is 11.3 Å². The van der Waals surface area contributed by atoms with Gasteiger partial charge in [-0.3, -0.25) is 10.1 Å². The van der Waals surface area contributed by atoms with E-state index in [4.69, 9.17) is 27.9 Å². The average molecular weight is 506 g/mol. The number of hydrogen-bond donors (Lipinski definition) is 1. The first-order valence-electron chi connectivity index (χ1n) is 10.8. The van der Waals surface area contributed by atoms with Crippen LogP contribution in [0, 0.1) is 5.41 Å². The normalized spacial score (nSPS) is 12.0. The smallest absolute Gasteiger partial charge is 0.264 e. The molecular formula is C26H30Cl2N2O2S. The lowest BCUT2D eigenvalue weighted by Crippen LogP contribution is -2.24. The highest BCUT2D eigenvalue weighted by Gasteiger charge is 2.27. The van der Waals surface area contributed by atoms with Crippen LogP contribution in [-0.4, -0.2) is 17.5 Å². The van der Waals surface area contributed by atoms with E-state index in [0.29, 0.717) is 27.3 Å². The van der Waals surface area contributed by atoms with Crippen LogP contribution in [0.25, 0.3) is 0 Å². The molecule has 0 spiro atoms. The monoisotopic (exact) mass is 504 g/mol. The SMILES string of the molecule is CC(C)(C)CC(C)(C)c1ccc(OCC(=O)Nc2ncc(Cc3ccc(Cl)c(Cl)c3)s2)cc1. The van der Waals surface area contributed by atoms with Gasteiger partial charge >= 0.3 is 0 Å². The fourth-order valence-electron chi connectivity index (χ4n) is 4.03. The van der Waals surface area contributed by atoms with Crippen LogP contribution < -0.4 is 10.1 Å². The number of thiazole rings is 1. The summed E-state index contributed by atoms with van der Waals surface area (Å²) in [4.78, 5) is 17.6. The van der Waals surface area contributed by atoms with Crippen molar-refractivity contribution >= 4 is 45.6 Å². The van der Waals surface area contributed by atoms with Gasteiger partial charge in [-0.25, -0.2) is 4.98 Å². The van der Waals surface area contributed by atoms with E-state index in [-0.39, 0.29) is 23.3 Å². The number of halogens is 2. The second kappa shape index (κ2) is 10.5. The standard InChI is InChI=1S/C26H30Cl2N2O2S/c1-25(2,3)16-26(4,5)18-7-9-19(10-8-18)32-15-23(31)30-24-29-14-20(33-24)12-17-6-11-21(27)22(28)13-17/h6-11,13-14H,12,15-16H2,1-5H3,(H,29,30,31). The van der Waals surface area contributed by atoms with E-state index in [1.165, 1.54) is 16.9 Å². The first-order chi connectivity index (χ1) is 15.4. The molecule has 3 aromatic rings. The Kier molecular flexibility index (Phi) is 8.09. The Labute approximate surface area is 210 Å².